The van der Waals surface area contributed by atoms with Gasteiger partial charge in [-0.25, -0.2) is 0 Å². The lowest BCUT2D eigenvalue weighted by atomic mass is 10.0. The molecule has 1 unspecified atom stereocenters. The minimum Gasteiger partial charge on any atom is -0.395 e. The third-order valence-electron chi connectivity index (χ3n) is 3.87. The molecule has 0 aromatic heterocycles. The molecule has 1 aliphatic rings. The molecule has 4 nitrogen and oxygen atoms in total. The van der Waals surface area contributed by atoms with Gasteiger partial charge in [-0.3, -0.25) is 4.79 Å². The van der Waals surface area contributed by atoms with E-state index in [4.69, 9.17) is 5.11 Å². The molecule has 1 saturated heterocycles. The summed E-state index contributed by atoms with van der Waals surface area (Å²) in [7, 11) is 0. The van der Waals surface area contributed by atoms with Crippen LogP contribution in [0.1, 0.15) is 40.7 Å². The Morgan fingerprint density at radius 3 is 2.95 bits per heavy atom. The largest absolute Gasteiger partial charge is 0.395 e. The lowest BCUT2D eigenvalue weighted by Crippen LogP contribution is -2.38. The van der Waals surface area contributed by atoms with Gasteiger partial charge in [0.2, 0.25) is 0 Å². The summed E-state index contributed by atoms with van der Waals surface area (Å²) in [5, 5.41) is 18.1. The zero-order valence-corrected chi connectivity index (χ0v) is 12.3. The summed E-state index contributed by atoms with van der Waals surface area (Å²) in [6, 6.07) is 5.44. The molecule has 0 radical (unpaired) electrons. The highest BCUT2D eigenvalue weighted by molar-refractivity contribution is 5.96. The highest BCUT2D eigenvalue weighted by atomic mass is 16.3. The van der Waals surface area contributed by atoms with Crippen LogP contribution in [0.15, 0.2) is 18.2 Å². The van der Waals surface area contributed by atoms with E-state index in [2.05, 4.69) is 11.8 Å². The third-order valence-corrected chi connectivity index (χ3v) is 3.87. The first-order valence-corrected chi connectivity index (χ1v) is 7.30. The highest BCUT2D eigenvalue weighted by Gasteiger charge is 2.29. The number of aliphatic hydroxyl groups excluding tert-OH is 2. The number of nitrogens with zero attached hydrogens (tertiary/aromatic N) is 1. The predicted octanol–water partition coefficient (Wildman–Crippen LogP) is 1.33. The van der Waals surface area contributed by atoms with Crippen LogP contribution in [0.5, 0.6) is 0 Å². The van der Waals surface area contributed by atoms with Gasteiger partial charge in [0.1, 0.15) is 0 Å². The SMILES string of the molecule is Cc1c(C#CCCO)cccc1C(=O)N1CCCC1CO. The Bertz CT molecular complexity index is 571. The van der Waals surface area contributed by atoms with Crippen molar-refractivity contribution in [2.45, 2.75) is 32.2 Å². The first kappa shape index (κ1) is 15.6. The number of likely N-dealkylation sites (tertiary alicyclic amines) is 1. The molecule has 2 N–H and O–H groups in total. The summed E-state index contributed by atoms with van der Waals surface area (Å²) in [4.78, 5) is 14.4. The smallest absolute Gasteiger partial charge is 0.254 e. The summed E-state index contributed by atoms with van der Waals surface area (Å²) in [6.07, 6.45) is 2.22. The number of rotatable bonds is 3. The van der Waals surface area contributed by atoms with Crippen LogP contribution in [-0.4, -0.2) is 46.8 Å². The van der Waals surface area contributed by atoms with Crippen molar-refractivity contribution in [3.8, 4) is 11.8 Å². The number of carbonyl (C=O) groups excluding carboxylic acids is 1. The molecule has 1 aromatic carbocycles. The number of hydrogen-bond donors (Lipinski definition) is 2. The molecule has 4 heteroatoms. The Balaban J connectivity index is 2.26. The molecular formula is C17H21NO3. The topological polar surface area (TPSA) is 60.8 Å². The van der Waals surface area contributed by atoms with Crippen molar-refractivity contribution in [2.24, 2.45) is 0 Å². The molecule has 112 valence electrons. The fraction of sp³-hybridized carbons (Fsp3) is 0.471. The highest BCUT2D eigenvalue weighted by Crippen LogP contribution is 2.22. The Kier molecular flexibility index (Phi) is 5.38. The van der Waals surface area contributed by atoms with Gasteiger partial charge in [-0.05, 0) is 37.5 Å². The molecular weight excluding hydrogens is 266 g/mol. The number of aliphatic hydroxyl groups is 2. The van der Waals surface area contributed by atoms with Crippen LogP contribution < -0.4 is 0 Å². The predicted molar refractivity (Wildman–Crippen MR) is 80.9 cm³/mol. The van der Waals surface area contributed by atoms with Gasteiger partial charge in [-0.1, -0.05) is 17.9 Å². The van der Waals surface area contributed by atoms with E-state index in [1.54, 1.807) is 4.90 Å². The minimum atomic E-state index is -0.0685. The molecule has 21 heavy (non-hydrogen) atoms. The van der Waals surface area contributed by atoms with Gasteiger partial charge in [0.15, 0.2) is 0 Å². The van der Waals surface area contributed by atoms with E-state index in [0.29, 0.717) is 18.5 Å². The molecule has 0 spiro atoms. The maximum absolute atomic E-state index is 12.6. The van der Waals surface area contributed by atoms with E-state index in [0.717, 1.165) is 24.0 Å². The fourth-order valence-corrected chi connectivity index (χ4v) is 2.66. The van der Waals surface area contributed by atoms with Crippen molar-refractivity contribution in [2.75, 3.05) is 19.8 Å². The molecule has 1 heterocycles. The van der Waals surface area contributed by atoms with Crippen LogP contribution >= 0.6 is 0 Å². The van der Waals surface area contributed by atoms with Crippen LogP contribution in [0.4, 0.5) is 0 Å². The van der Waals surface area contributed by atoms with Gasteiger partial charge in [-0.2, -0.15) is 0 Å². The summed E-state index contributed by atoms with van der Waals surface area (Å²) < 4.78 is 0. The summed E-state index contributed by atoms with van der Waals surface area (Å²) in [5.74, 6) is 5.85. The summed E-state index contributed by atoms with van der Waals surface area (Å²) in [6.45, 7) is 2.64. The van der Waals surface area contributed by atoms with Crippen LogP contribution in [-0.2, 0) is 0 Å². The standard InChI is InChI=1S/C17H21NO3/c1-13-14(6-2-3-11-19)7-4-9-16(13)17(21)18-10-5-8-15(18)12-20/h4,7,9,15,19-20H,3,5,8,10-12H2,1H3. The van der Waals surface area contributed by atoms with Crippen molar-refractivity contribution in [1.29, 1.82) is 0 Å². The lowest BCUT2D eigenvalue weighted by Gasteiger charge is -2.24. The van der Waals surface area contributed by atoms with Crippen molar-refractivity contribution in [3.63, 3.8) is 0 Å². The second-order valence-electron chi connectivity index (χ2n) is 5.23. The fourth-order valence-electron chi connectivity index (χ4n) is 2.66. The lowest BCUT2D eigenvalue weighted by molar-refractivity contribution is 0.0677. The average molecular weight is 287 g/mol. The Morgan fingerprint density at radius 2 is 2.24 bits per heavy atom. The van der Waals surface area contributed by atoms with Gasteiger partial charge in [-0.15, -0.1) is 0 Å². The third kappa shape index (κ3) is 3.44. The molecule has 1 aliphatic heterocycles. The molecule has 2 rings (SSSR count). The molecule has 0 bridgehead atoms. The summed E-state index contributed by atoms with van der Waals surface area (Å²) in [5.41, 5.74) is 2.32. The van der Waals surface area contributed by atoms with E-state index >= 15 is 0 Å². The maximum atomic E-state index is 12.6. The monoisotopic (exact) mass is 287 g/mol. The molecule has 1 aromatic rings. The van der Waals surface area contributed by atoms with Crippen molar-refractivity contribution in [1.82, 2.24) is 4.90 Å². The van der Waals surface area contributed by atoms with E-state index in [1.807, 2.05) is 25.1 Å². The van der Waals surface area contributed by atoms with Crippen molar-refractivity contribution in [3.05, 3.63) is 34.9 Å². The molecule has 1 fully saturated rings. The zero-order chi connectivity index (χ0) is 15.2. The minimum absolute atomic E-state index is 0.0147. The van der Waals surface area contributed by atoms with Crippen molar-refractivity contribution >= 4 is 5.91 Å². The molecule has 1 atom stereocenters. The van der Waals surface area contributed by atoms with E-state index in [1.165, 1.54) is 0 Å². The van der Waals surface area contributed by atoms with Crippen LogP contribution in [0, 0.1) is 18.8 Å². The van der Waals surface area contributed by atoms with E-state index in [-0.39, 0.29) is 25.2 Å². The van der Waals surface area contributed by atoms with Crippen LogP contribution in [0.3, 0.4) is 0 Å². The van der Waals surface area contributed by atoms with E-state index in [9.17, 15) is 9.90 Å². The number of hydrogen-bond acceptors (Lipinski definition) is 3. The van der Waals surface area contributed by atoms with Crippen LogP contribution in [0.2, 0.25) is 0 Å². The molecule has 1 amide bonds. The first-order valence-electron chi connectivity index (χ1n) is 7.30. The average Bonchev–Trinajstić information content (AvgIpc) is 2.97. The normalized spacial score (nSPS) is 17.5. The molecule has 0 aliphatic carbocycles. The zero-order valence-electron chi connectivity index (χ0n) is 12.3. The first-order chi connectivity index (χ1) is 10.2. The Labute approximate surface area is 125 Å². The second-order valence-corrected chi connectivity index (χ2v) is 5.23. The van der Waals surface area contributed by atoms with Crippen molar-refractivity contribution < 1.29 is 15.0 Å². The number of benzene rings is 1. The number of carbonyl (C=O) groups is 1. The van der Waals surface area contributed by atoms with Gasteiger partial charge in [0.25, 0.3) is 5.91 Å². The summed E-state index contributed by atoms with van der Waals surface area (Å²) >= 11 is 0. The quantitative estimate of drug-likeness (QED) is 0.824. The van der Waals surface area contributed by atoms with Crippen LogP contribution in [0.25, 0.3) is 0 Å². The maximum Gasteiger partial charge on any atom is 0.254 e. The Morgan fingerprint density at radius 1 is 1.43 bits per heavy atom. The second kappa shape index (κ2) is 7.26. The van der Waals surface area contributed by atoms with E-state index < -0.39 is 0 Å². The van der Waals surface area contributed by atoms with Gasteiger partial charge in [0, 0.05) is 24.1 Å². The van der Waals surface area contributed by atoms with Gasteiger partial charge in [0.05, 0.1) is 19.3 Å². The van der Waals surface area contributed by atoms with Gasteiger partial charge < -0.3 is 15.1 Å². The Hall–Kier alpha value is -1.83. The number of amides is 1. The molecule has 0 saturated carbocycles. The van der Waals surface area contributed by atoms with Gasteiger partial charge >= 0.3 is 0 Å².